The van der Waals surface area contributed by atoms with Crippen molar-refractivity contribution in [2.75, 3.05) is 13.2 Å². The lowest BCUT2D eigenvalue weighted by molar-refractivity contribution is -0.132. The van der Waals surface area contributed by atoms with Crippen molar-refractivity contribution < 1.29 is 19.4 Å². The SMILES string of the molecule is Cc1ccc(OC[C@@H](O)CN2C(=O)N[C@](C)(c3ccc(C(C)C)cc3)C2=O)cc1. The number of nitrogens with zero attached hydrogens (tertiary/aromatic N) is 1. The number of carbonyl (C=O) groups is 2. The second-order valence-corrected chi connectivity index (χ2v) is 8.03. The third kappa shape index (κ3) is 4.43. The minimum atomic E-state index is -1.15. The van der Waals surface area contributed by atoms with E-state index in [0.29, 0.717) is 17.2 Å². The molecule has 0 radical (unpaired) electrons. The van der Waals surface area contributed by atoms with Gasteiger partial charge in [0.05, 0.1) is 6.54 Å². The molecule has 3 rings (SSSR count). The number of amides is 3. The van der Waals surface area contributed by atoms with E-state index < -0.39 is 17.7 Å². The van der Waals surface area contributed by atoms with Crippen molar-refractivity contribution in [1.82, 2.24) is 10.2 Å². The molecular weight excluding hydrogens is 368 g/mol. The molecule has 2 aromatic rings. The number of nitrogens with one attached hydrogen (secondary N) is 1. The minimum Gasteiger partial charge on any atom is -0.491 e. The first-order chi connectivity index (χ1) is 13.7. The van der Waals surface area contributed by atoms with Crippen molar-refractivity contribution in [3.63, 3.8) is 0 Å². The molecule has 2 atom stereocenters. The van der Waals surface area contributed by atoms with Gasteiger partial charge < -0.3 is 15.2 Å². The number of hydrogen-bond donors (Lipinski definition) is 2. The second kappa shape index (κ2) is 8.25. The molecule has 1 aliphatic heterocycles. The van der Waals surface area contributed by atoms with Crippen LogP contribution in [0.15, 0.2) is 48.5 Å². The number of aliphatic hydroxyl groups is 1. The first kappa shape index (κ1) is 20.9. The van der Waals surface area contributed by atoms with Crippen LogP contribution in [0.4, 0.5) is 4.79 Å². The fourth-order valence-electron chi connectivity index (χ4n) is 3.35. The zero-order chi connectivity index (χ0) is 21.2. The predicted molar refractivity (Wildman–Crippen MR) is 111 cm³/mol. The summed E-state index contributed by atoms with van der Waals surface area (Å²) in [5.74, 6) is 0.627. The van der Waals surface area contributed by atoms with Gasteiger partial charge in [0.2, 0.25) is 0 Å². The Labute approximate surface area is 171 Å². The number of benzene rings is 2. The molecule has 3 amide bonds. The average Bonchev–Trinajstić information content (AvgIpc) is 2.91. The standard InChI is InChI=1S/C23H28N2O4/c1-15(2)17-7-9-18(10-8-17)23(4)21(27)25(22(28)24-23)13-19(26)14-29-20-11-5-16(3)6-12-20/h5-12,15,19,26H,13-14H2,1-4H3,(H,24,28)/t19-,23+/m0/s1. The molecule has 0 bridgehead atoms. The Kier molecular flexibility index (Phi) is 5.94. The first-order valence-corrected chi connectivity index (χ1v) is 9.83. The van der Waals surface area contributed by atoms with E-state index in [9.17, 15) is 14.7 Å². The molecule has 1 fully saturated rings. The van der Waals surface area contributed by atoms with Gasteiger partial charge >= 0.3 is 6.03 Å². The summed E-state index contributed by atoms with van der Waals surface area (Å²) in [7, 11) is 0. The Morgan fingerprint density at radius 3 is 2.28 bits per heavy atom. The number of rotatable bonds is 7. The van der Waals surface area contributed by atoms with Crippen LogP contribution >= 0.6 is 0 Å². The molecule has 0 aromatic heterocycles. The molecule has 0 aliphatic carbocycles. The number of hydrogen-bond acceptors (Lipinski definition) is 4. The molecular formula is C23H28N2O4. The molecule has 6 nitrogen and oxygen atoms in total. The highest BCUT2D eigenvalue weighted by Crippen LogP contribution is 2.30. The van der Waals surface area contributed by atoms with Gasteiger partial charge in [-0.25, -0.2) is 4.79 Å². The maximum atomic E-state index is 13.0. The van der Waals surface area contributed by atoms with Gasteiger partial charge in [-0.15, -0.1) is 0 Å². The lowest BCUT2D eigenvalue weighted by atomic mass is 9.90. The molecule has 154 valence electrons. The highest BCUT2D eigenvalue weighted by Gasteiger charge is 2.49. The molecule has 1 heterocycles. The van der Waals surface area contributed by atoms with Crippen molar-refractivity contribution in [3.8, 4) is 5.75 Å². The van der Waals surface area contributed by atoms with Gasteiger partial charge in [-0.2, -0.15) is 0 Å². The molecule has 0 unspecified atom stereocenters. The number of ether oxygens (including phenoxy) is 1. The van der Waals surface area contributed by atoms with Crippen molar-refractivity contribution in [3.05, 3.63) is 65.2 Å². The van der Waals surface area contributed by atoms with Gasteiger partial charge in [-0.1, -0.05) is 55.8 Å². The van der Waals surface area contributed by atoms with Gasteiger partial charge in [0.15, 0.2) is 0 Å². The fourth-order valence-corrected chi connectivity index (χ4v) is 3.35. The molecule has 2 aromatic carbocycles. The maximum Gasteiger partial charge on any atom is 0.325 e. The van der Waals surface area contributed by atoms with Crippen molar-refractivity contribution in [2.24, 2.45) is 0 Å². The Hall–Kier alpha value is -2.86. The summed E-state index contributed by atoms with van der Waals surface area (Å²) >= 11 is 0. The van der Waals surface area contributed by atoms with E-state index in [2.05, 4.69) is 19.2 Å². The molecule has 0 spiro atoms. The summed E-state index contributed by atoms with van der Waals surface area (Å²) in [5.41, 5.74) is 1.84. The summed E-state index contributed by atoms with van der Waals surface area (Å²) in [5, 5.41) is 13.1. The zero-order valence-electron chi connectivity index (χ0n) is 17.3. The van der Waals surface area contributed by atoms with Gasteiger partial charge in [0.1, 0.15) is 24.0 Å². The van der Waals surface area contributed by atoms with Crippen LogP contribution in [0.25, 0.3) is 0 Å². The van der Waals surface area contributed by atoms with Crippen molar-refractivity contribution in [1.29, 1.82) is 0 Å². The Morgan fingerprint density at radius 2 is 1.69 bits per heavy atom. The summed E-state index contributed by atoms with van der Waals surface area (Å²) in [6.45, 7) is 7.72. The second-order valence-electron chi connectivity index (χ2n) is 8.03. The average molecular weight is 396 g/mol. The highest BCUT2D eigenvalue weighted by molar-refractivity contribution is 6.07. The Bertz CT molecular complexity index is 877. The smallest absolute Gasteiger partial charge is 0.325 e. The normalized spacial score (nSPS) is 20.1. The van der Waals surface area contributed by atoms with Gasteiger partial charge in [-0.3, -0.25) is 9.69 Å². The fraction of sp³-hybridized carbons (Fsp3) is 0.391. The van der Waals surface area contributed by atoms with Crippen LogP contribution in [-0.2, 0) is 10.3 Å². The lowest BCUT2D eigenvalue weighted by Crippen LogP contribution is -2.42. The van der Waals surface area contributed by atoms with E-state index in [4.69, 9.17) is 4.74 Å². The van der Waals surface area contributed by atoms with Crippen LogP contribution in [0, 0.1) is 6.92 Å². The summed E-state index contributed by atoms with van der Waals surface area (Å²) in [6, 6.07) is 14.6. The van der Waals surface area contributed by atoms with E-state index in [1.807, 2.05) is 55.5 Å². The van der Waals surface area contributed by atoms with E-state index in [1.165, 1.54) is 0 Å². The van der Waals surface area contributed by atoms with Crippen molar-refractivity contribution in [2.45, 2.75) is 45.3 Å². The first-order valence-electron chi connectivity index (χ1n) is 9.83. The third-order valence-corrected chi connectivity index (χ3v) is 5.29. The molecule has 29 heavy (non-hydrogen) atoms. The highest BCUT2D eigenvalue weighted by atomic mass is 16.5. The maximum absolute atomic E-state index is 13.0. The monoisotopic (exact) mass is 396 g/mol. The molecule has 2 N–H and O–H groups in total. The van der Waals surface area contributed by atoms with Gasteiger partial charge in [0, 0.05) is 0 Å². The quantitative estimate of drug-likeness (QED) is 0.704. The largest absolute Gasteiger partial charge is 0.491 e. The van der Waals surface area contributed by atoms with Crippen LogP contribution in [-0.4, -0.2) is 41.2 Å². The zero-order valence-corrected chi connectivity index (χ0v) is 17.3. The van der Waals surface area contributed by atoms with Gasteiger partial charge in [0.25, 0.3) is 5.91 Å². The number of aliphatic hydroxyl groups excluding tert-OH is 1. The van der Waals surface area contributed by atoms with E-state index in [-0.39, 0.29) is 19.1 Å². The number of carbonyl (C=O) groups excluding carboxylic acids is 2. The Morgan fingerprint density at radius 1 is 1.07 bits per heavy atom. The number of imide groups is 1. The van der Waals surface area contributed by atoms with Gasteiger partial charge in [-0.05, 0) is 43.0 Å². The van der Waals surface area contributed by atoms with Crippen molar-refractivity contribution >= 4 is 11.9 Å². The third-order valence-electron chi connectivity index (χ3n) is 5.29. The molecule has 0 saturated carbocycles. The van der Waals surface area contributed by atoms with Crippen LogP contribution in [0.2, 0.25) is 0 Å². The van der Waals surface area contributed by atoms with Crippen LogP contribution in [0.3, 0.4) is 0 Å². The van der Waals surface area contributed by atoms with E-state index >= 15 is 0 Å². The number of β-amino-alcohol motifs (C(OH)–C–C–N with tert-alkyl or cyclic N) is 1. The summed E-state index contributed by atoms with van der Waals surface area (Å²) < 4.78 is 5.56. The minimum absolute atomic E-state index is 0.0140. The Balaban J connectivity index is 1.65. The molecule has 1 aliphatic rings. The number of aryl methyl sites for hydroxylation is 1. The summed E-state index contributed by atoms with van der Waals surface area (Å²) in [4.78, 5) is 26.5. The molecule has 1 saturated heterocycles. The van der Waals surface area contributed by atoms with E-state index in [0.717, 1.165) is 16.0 Å². The summed E-state index contributed by atoms with van der Waals surface area (Å²) in [6.07, 6.45) is -0.989. The topological polar surface area (TPSA) is 78.9 Å². The number of urea groups is 1. The van der Waals surface area contributed by atoms with Crippen LogP contribution in [0.5, 0.6) is 5.75 Å². The molecule has 6 heteroatoms. The predicted octanol–water partition coefficient (Wildman–Crippen LogP) is 3.33. The van der Waals surface area contributed by atoms with E-state index in [1.54, 1.807) is 6.92 Å². The van der Waals surface area contributed by atoms with Crippen LogP contribution in [0.1, 0.15) is 43.4 Å². The lowest BCUT2D eigenvalue weighted by Gasteiger charge is -2.23. The van der Waals surface area contributed by atoms with Crippen LogP contribution < -0.4 is 10.1 Å².